The summed E-state index contributed by atoms with van der Waals surface area (Å²) in [5.41, 5.74) is 2.72. The van der Waals surface area contributed by atoms with Crippen molar-refractivity contribution in [3.05, 3.63) is 59.7 Å². The monoisotopic (exact) mass is 383 g/mol. The molecule has 0 bridgehead atoms. The van der Waals surface area contributed by atoms with Gasteiger partial charge in [0.05, 0.1) is 6.54 Å². The Balaban J connectivity index is 1.53. The van der Waals surface area contributed by atoms with Crippen LogP contribution in [0.1, 0.15) is 29.8 Å². The van der Waals surface area contributed by atoms with Crippen molar-refractivity contribution < 1.29 is 9.59 Å². The van der Waals surface area contributed by atoms with Crippen LogP contribution in [-0.4, -0.2) is 36.7 Å². The van der Waals surface area contributed by atoms with E-state index < -0.39 is 0 Å². The molecular formula is C21H25N3O2S. The van der Waals surface area contributed by atoms with E-state index in [0.29, 0.717) is 30.4 Å². The molecule has 0 radical (unpaired) electrons. The number of carbonyl (C=O) groups is 2. The summed E-state index contributed by atoms with van der Waals surface area (Å²) < 4.78 is 0. The number of anilines is 1. The van der Waals surface area contributed by atoms with E-state index in [-0.39, 0.29) is 11.8 Å². The lowest BCUT2D eigenvalue weighted by atomic mass is 10.1. The third-order valence-corrected chi connectivity index (χ3v) is 5.30. The van der Waals surface area contributed by atoms with Gasteiger partial charge in [0.25, 0.3) is 5.91 Å². The number of nitrogens with zero attached hydrogens (tertiary/aromatic N) is 1. The minimum absolute atomic E-state index is 0.0513. The van der Waals surface area contributed by atoms with E-state index in [1.54, 1.807) is 11.8 Å². The maximum absolute atomic E-state index is 12.3. The summed E-state index contributed by atoms with van der Waals surface area (Å²) in [6.45, 7) is 6.65. The first kappa shape index (κ1) is 19.3. The van der Waals surface area contributed by atoms with Crippen LogP contribution in [0.15, 0.2) is 53.4 Å². The molecule has 2 aromatic carbocycles. The molecule has 1 aliphatic rings. The Morgan fingerprint density at radius 3 is 2.48 bits per heavy atom. The zero-order chi connectivity index (χ0) is 19.2. The van der Waals surface area contributed by atoms with Gasteiger partial charge in [-0.1, -0.05) is 26.0 Å². The lowest BCUT2D eigenvalue weighted by Crippen LogP contribution is -2.47. The van der Waals surface area contributed by atoms with Gasteiger partial charge in [0.2, 0.25) is 5.91 Å². The molecule has 2 aromatic rings. The van der Waals surface area contributed by atoms with Crippen LogP contribution in [-0.2, 0) is 11.3 Å². The molecule has 1 aliphatic heterocycles. The second-order valence-electron chi connectivity index (χ2n) is 6.81. The van der Waals surface area contributed by atoms with E-state index >= 15 is 0 Å². The second-order valence-corrected chi connectivity index (χ2v) is 8.46. The molecule has 0 aliphatic carbocycles. The van der Waals surface area contributed by atoms with Crippen molar-refractivity contribution in [3.8, 4) is 0 Å². The Morgan fingerprint density at radius 2 is 1.85 bits per heavy atom. The molecule has 0 saturated carbocycles. The first-order valence-electron chi connectivity index (χ1n) is 9.17. The van der Waals surface area contributed by atoms with Gasteiger partial charge in [-0.05, 0) is 42.0 Å². The van der Waals surface area contributed by atoms with Crippen molar-refractivity contribution in [2.45, 2.75) is 30.5 Å². The Hall–Kier alpha value is -2.47. The SMILES string of the molecule is CC(C)Sc1ccc(C(=O)NCc2ccc(N3CCNC(=O)C3)cc2)cc1. The van der Waals surface area contributed by atoms with Gasteiger partial charge in [-0.3, -0.25) is 9.59 Å². The fraction of sp³-hybridized carbons (Fsp3) is 0.333. The number of benzene rings is 2. The van der Waals surface area contributed by atoms with E-state index in [0.717, 1.165) is 17.8 Å². The fourth-order valence-electron chi connectivity index (χ4n) is 2.93. The molecule has 1 fully saturated rings. The highest BCUT2D eigenvalue weighted by atomic mass is 32.2. The topological polar surface area (TPSA) is 61.4 Å². The van der Waals surface area contributed by atoms with E-state index in [9.17, 15) is 9.59 Å². The quantitative estimate of drug-likeness (QED) is 0.753. The van der Waals surface area contributed by atoms with E-state index in [4.69, 9.17) is 0 Å². The third-order valence-electron chi connectivity index (χ3n) is 4.28. The summed E-state index contributed by atoms with van der Waals surface area (Å²) in [7, 11) is 0. The van der Waals surface area contributed by atoms with Gasteiger partial charge >= 0.3 is 0 Å². The summed E-state index contributed by atoms with van der Waals surface area (Å²) in [4.78, 5) is 27.1. The average molecular weight is 384 g/mol. The van der Waals surface area contributed by atoms with Gasteiger partial charge < -0.3 is 15.5 Å². The Kier molecular flexibility index (Phi) is 6.40. The van der Waals surface area contributed by atoms with Gasteiger partial charge in [0.15, 0.2) is 0 Å². The molecule has 6 heteroatoms. The van der Waals surface area contributed by atoms with Crippen molar-refractivity contribution >= 4 is 29.3 Å². The average Bonchev–Trinajstić information content (AvgIpc) is 2.66. The number of amides is 2. The minimum atomic E-state index is -0.0760. The molecule has 0 unspecified atom stereocenters. The summed E-state index contributed by atoms with van der Waals surface area (Å²) in [5.74, 6) is -0.0247. The van der Waals surface area contributed by atoms with Crippen LogP contribution in [0.25, 0.3) is 0 Å². The van der Waals surface area contributed by atoms with Crippen LogP contribution < -0.4 is 15.5 Å². The Bertz CT molecular complexity index is 788. The van der Waals surface area contributed by atoms with Crippen LogP contribution in [0.3, 0.4) is 0 Å². The molecule has 5 nitrogen and oxygen atoms in total. The third kappa shape index (κ3) is 5.50. The lowest BCUT2D eigenvalue weighted by molar-refractivity contribution is -0.120. The molecule has 27 heavy (non-hydrogen) atoms. The van der Waals surface area contributed by atoms with Gasteiger partial charge in [0, 0.05) is 41.0 Å². The smallest absolute Gasteiger partial charge is 0.251 e. The van der Waals surface area contributed by atoms with Crippen molar-refractivity contribution in [1.82, 2.24) is 10.6 Å². The highest BCUT2D eigenvalue weighted by Crippen LogP contribution is 2.23. The fourth-order valence-corrected chi connectivity index (χ4v) is 3.76. The first-order valence-corrected chi connectivity index (χ1v) is 10.0. The molecule has 3 rings (SSSR count). The van der Waals surface area contributed by atoms with Crippen molar-refractivity contribution in [1.29, 1.82) is 0 Å². The number of thioether (sulfide) groups is 1. The molecule has 142 valence electrons. The number of hydrogen-bond donors (Lipinski definition) is 2. The van der Waals surface area contributed by atoms with Crippen molar-refractivity contribution in [2.24, 2.45) is 0 Å². The largest absolute Gasteiger partial charge is 0.360 e. The zero-order valence-electron chi connectivity index (χ0n) is 15.7. The molecule has 1 heterocycles. The summed E-state index contributed by atoms with van der Waals surface area (Å²) in [6, 6.07) is 15.7. The summed E-state index contributed by atoms with van der Waals surface area (Å²) in [6.07, 6.45) is 0. The zero-order valence-corrected chi connectivity index (χ0v) is 16.5. The van der Waals surface area contributed by atoms with Crippen LogP contribution >= 0.6 is 11.8 Å². The standard InChI is InChI=1S/C21H25N3O2S/c1-15(2)27-19-9-5-17(6-10-19)21(26)23-13-16-3-7-18(8-4-16)24-12-11-22-20(25)14-24/h3-10,15H,11-14H2,1-2H3,(H,22,25)(H,23,26). The Morgan fingerprint density at radius 1 is 1.15 bits per heavy atom. The molecule has 0 spiro atoms. The maximum atomic E-state index is 12.3. The van der Waals surface area contributed by atoms with Gasteiger partial charge in [-0.2, -0.15) is 0 Å². The highest BCUT2D eigenvalue weighted by Gasteiger charge is 2.16. The number of carbonyl (C=O) groups excluding carboxylic acids is 2. The summed E-state index contributed by atoms with van der Waals surface area (Å²) in [5, 5.41) is 6.30. The van der Waals surface area contributed by atoms with Crippen LogP contribution in [0.5, 0.6) is 0 Å². The highest BCUT2D eigenvalue weighted by molar-refractivity contribution is 7.99. The lowest BCUT2D eigenvalue weighted by Gasteiger charge is -2.28. The van der Waals surface area contributed by atoms with Crippen LogP contribution in [0.4, 0.5) is 5.69 Å². The molecule has 2 amide bonds. The van der Waals surface area contributed by atoms with Gasteiger partial charge in [0.1, 0.15) is 0 Å². The van der Waals surface area contributed by atoms with Crippen LogP contribution in [0.2, 0.25) is 0 Å². The molecule has 2 N–H and O–H groups in total. The number of rotatable bonds is 6. The van der Waals surface area contributed by atoms with Gasteiger partial charge in [-0.25, -0.2) is 0 Å². The maximum Gasteiger partial charge on any atom is 0.251 e. The van der Waals surface area contributed by atoms with Crippen LogP contribution in [0, 0.1) is 0 Å². The molecule has 0 atom stereocenters. The van der Waals surface area contributed by atoms with E-state index in [1.807, 2.05) is 48.5 Å². The summed E-state index contributed by atoms with van der Waals surface area (Å²) >= 11 is 1.78. The Labute approximate surface area is 164 Å². The number of piperazine rings is 1. The normalized spacial score (nSPS) is 14.2. The molecule has 1 saturated heterocycles. The minimum Gasteiger partial charge on any atom is -0.360 e. The number of nitrogens with one attached hydrogen (secondary N) is 2. The first-order chi connectivity index (χ1) is 13.0. The van der Waals surface area contributed by atoms with E-state index in [1.165, 1.54) is 4.90 Å². The van der Waals surface area contributed by atoms with Crippen molar-refractivity contribution in [2.75, 3.05) is 24.5 Å². The molecule has 0 aromatic heterocycles. The number of hydrogen-bond acceptors (Lipinski definition) is 4. The second kappa shape index (κ2) is 8.95. The predicted octanol–water partition coefficient (Wildman–Crippen LogP) is 3.05. The van der Waals surface area contributed by atoms with Gasteiger partial charge in [-0.15, -0.1) is 11.8 Å². The van der Waals surface area contributed by atoms with Crippen molar-refractivity contribution in [3.63, 3.8) is 0 Å². The molecular weight excluding hydrogens is 358 g/mol. The predicted molar refractivity (Wildman–Crippen MR) is 110 cm³/mol. The van der Waals surface area contributed by atoms with E-state index in [2.05, 4.69) is 29.4 Å².